The third-order valence-electron chi connectivity index (χ3n) is 3.28. The number of methoxy groups -OCH3 is 2. The lowest BCUT2D eigenvalue weighted by atomic mass is 10.2. The van der Waals surface area contributed by atoms with Gasteiger partial charge < -0.3 is 19.6 Å². The number of H-pyrrole nitrogens is 1. The molecule has 0 amide bonds. The first-order valence-corrected chi connectivity index (χ1v) is 6.90. The molecule has 3 aromatic rings. The second-order valence-electron chi connectivity index (χ2n) is 4.75. The summed E-state index contributed by atoms with van der Waals surface area (Å²) in [5, 5.41) is 14.0. The van der Waals surface area contributed by atoms with Crippen LogP contribution >= 0.6 is 0 Å². The topological polar surface area (TPSA) is 91.8 Å². The van der Waals surface area contributed by atoms with Crippen molar-refractivity contribution in [2.75, 3.05) is 19.6 Å². The highest BCUT2D eigenvalue weighted by Gasteiger charge is 2.10. The maximum atomic E-state index is 9.87. The number of hydrogen-bond donors (Lipinski definition) is 3. The fourth-order valence-electron chi connectivity index (χ4n) is 2.16. The molecule has 0 saturated carbocycles. The van der Waals surface area contributed by atoms with Gasteiger partial charge in [0.15, 0.2) is 11.5 Å². The lowest BCUT2D eigenvalue weighted by molar-refractivity contribution is 0.340. The summed E-state index contributed by atoms with van der Waals surface area (Å²) in [7, 11) is 2.95. The number of ether oxygens (including phenoxy) is 2. The van der Waals surface area contributed by atoms with Gasteiger partial charge in [-0.2, -0.15) is 5.10 Å². The summed E-state index contributed by atoms with van der Waals surface area (Å²) in [5.41, 5.74) is 5.33. The van der Waals surface area contributed by atoms with Gasteiger partial charge >= 0.3 is 0 Å². The fourth-order valence-corrected chi connectivity index (χ4v) is 2.16. The highest BCUT2D eigenvalue weighted by Crippen LogP contribution is 2.36. The fraction of sp³-hybridized carbons (Fsp3) is 0.125. The Hall–Kier alpha value is -3.22. The third-order valence-corrected chi connectivity index (χ3v) is 3.28. The van der Waals surface area contributed by atoms with Gasteiger partial charge in [0.2, 0.25) is 11.7 Å². The molecular formula is C16H16N4O3. The van der Waals surface area contributed by atoms with E-state index in [4.69, 9.17) is 9.47 Å². The Morgan fingerprint density at radius 2 is 1.87 bits per heavy atom. The van der Waals surface area contributed by atoms with Gasteiger partial charge in [-0.1, -0.05) is 12.1 Å². The number of aromatic nitrogens is 2. The van der Waals surface area contributed by atoms with Gasteiger partial charge in [0.25, 0.3) is 0 Å². The van der Waals surface area contributed by atoms with Gasteiger partial charge in [0.05, 0.1) is 31.5 Å². The van der Waals surface area contributed by atoms with E-state index in [0.717, 1.165) is 11.0 Å². The van der Waals surface area contributed by atoms with Crippen LogP contribution in [-0.2, 0) is 0 Å². The quantitative estimate of drug-likeness (QED) is 0.498. The molecule has 0 spiro atoms. The highest BCUT2D eigenvalue weighted by molar-refractivity contribution is 5.83. The number of benzene rings is 2. The van der Waals surface area contributed by atoms with Crippen LogP contribution < -0.4 is 14.9 Å². The molecule has 0 atom stereocenters. The zero-order chi connectivity index (χ0) is 16.2. The SMILES string of the molecule is COc1cc(C=NNc2nc3ccccc3[nH]2)cc(OC)c1O. The Kier molecular flexibility index (Phi) is 4.01. The molecule has 0 bridgehead atoms. The minimum Gasteiger partial charge on any atom is -0.502 e. The molecule has 3 N–H and O–H groups in total. The van der Waals surface area contributed by atoms with Crippen LogP contribution in [0.3, 0.4) is 0 Å². The second-order valence-corrected chi connectivity index (χ2v) is 4.75. The third kappa shape index (κ3) is 3.03. The molecule has 0 aliphatic carbocycles. The van der Waals surface area contributed by atoms with Crippen LogP contribution in [0.25, 0.3) is 11.0 Å². The number of para-hydroxylation sites is 2. The van der Waals surface area contributed by atoms with Crippen molar-refractivity contribution in [3.8, 4) is 17.2 Å². The van der Waals surface area contributed by atoms with Crippen LogP contribution in [0.4, 0.5) is 5.95 Å². The summed E-state index contributed by atoms with van der Waals surface area (Å²) in [6.07, 6.45) is 1.58. The number of fused-ring (bicyclic) bond motifs is 1. The van der Waals surface area contributed by atoms with E-state index in [1.165, 1.54) is 14.2 Å². The predicted molar refractivity (Wildman–Crippen MR) is 88.5 cm³/mol. The summed E-state index contributed by atoms with van der Waals surface area (Å²) in [6, 6.07) is 11.0. The van der Waals surface area contributed by atoms with E-state index in [2.05, 4.69) is 20.5 Å². The first-order valence-electron chi connectivity index (χ1n) is 6.90. The molecule has 0 aliphatic rings. The van der Waals surface area contributed by atoms with Crippen molar-refractivity contribution >= 4 is 23.2 Å². The van der Waals surface area contributed by atoms with Gasteiger partial charge in [-0.3, -0.25) is 0 Å². The molecule has 7 nitrogen and oxygen atoms in total. The van der Waals surface area contributed by atoms with Crippen LogP contribution in [-0.4, -0.2) is 35.5 Å². The zero-order valence-corrected chi connectivity index (χ0v) is 12.7. The van der Waals surface area contributed by atoms with E-state index in [0.29, 0.717) is 23.0 Å². The molecule has 0 radical (unpaired) electrons. The van der Waals surface area contributed by atoms with Gasteiger partial charge in [-0.05, 0) is 24.3 Å². The van der Waals surface area contributed by atoms with Crippen LogP contribution in [0, 0.1) is 0 Å². The van der Waals surface area contributed by atoms with Crippen molar-refractivity contribution < 1.29 is 14.6 Å². The average Bonchev–Trinajstić information content (AvgIpc) is 2.98. The number of imidazole rings is 1. The minimum atomic E-state index is -0.0441. The summed E-state index contributed by atoms with van der Waals surface area (Å²) in [6.45, 7) is 0. The predicted octanol–water partition coefficient (Wildman–Crippen LogP) is 2.73. The Labute approximate surface area is 132 Å². The molecule has 2 aromatic carbocycles. The summed E-state index contributed by atoms with van der Waals surface area (Å²) in [5.74, 6) is 1.13. The van der Waals surface area contributed by atoms with E-state index in [1.807, 2.05) is 24.3 Å². The lowest BCUT2D eigenvalue weighted by Gasteiger charge is -2.09. The van der Waals surface area contributed by atoms with Crippen molar-refractivity contribution in [1.29, 1.82) is 0 Å². The zero-order valence-electron chi connectivity index (χ0n) is 12.7. The number of anilines is 1. The molecule has 1 heterocycles. The van der Waals surface area contributed by atoms with E-state index in [9.17, 15) is 5.11 Å². The normalized spacial score (nSPS) is 11.0. The molecule has 0 aliphatic heterocycles. The molecule has 1 aromatic heterocycles. The summed E-state index contributed by atoms with van der Waals surface area (Å²) in [4.78, 5) is 7.47. The van der Waals surface area contributed by atoms with Crippen LogP contribution in [0.1, 0.15) is 5.56 Å². The van der Waals surface area contributed by atoms with Crippen LogP contribution in [0.15, 0.2) is 41.5 Å². The molecule has 0 fully saturated rings. The molecular weight excluding hydrogens is 296 g/mol. The van der Waals surface area contributed by atoms with Crippen LogP contribution in [0.5, 0.6) is 17.2 Å². The molecule has 0 saturated heterocycles. The number of phenolic OH excluding ortho intramolecular Hbond substituents is 1. The Balaban J connectivity index is 1.79. The van der Waals surface area contributed by atoms with Gasteiger partial charge in [-0.15, -0.1) is 0 Å². The van der Waals surface area contributed by atoms with Crippen molar-refractivity contribution in [2.24, 2.45) is 5.10 Å². The number of hydrogen-bond acceptors (Lipinski definition) is 6. The van der Waals surface area contributed by atoms with E-state index >= 15 is 0 Å². The first kappa shape index (κ1) is 14.7. The Morgan fingerprint density at radius 3 is 2.52 bits per heavy atom. The number of phenols is 1. The van der Waals surface area contributed by atoms with E-state index in [-0.39, 0.29) is 5.75 Å². The Bertz CT molecular complexity index is 799. The molecule has 3 rings (SSSR count). The summed E-state index contributed by atoms with van der Waals surface area (Å²) < 4.78 is 10.2. The van der Waals surface area contributed by atoms with Crippen molar-refractivity contribution in [1.82, 2.24) is 9.97 Å². The number of rotatable bonds is 5. The van der Waals surface area contributed by atoms with Crippen LogP contribution in [0.2, 0.25) is 0 Å². The number of nitrogens with one attached hydrogen (secondary N) is 2. The van der Waals surface area contributed by atoms with E-state index < -0.39 is 0 Å². The van der Waals surface area contributed by atoms with Crippen molar-refractivity contribution in [3.05, 3.63) is 42.0 Å². The van der Waals surface area contributed by atoms with Crippen molar-refractivity contribution in [3.63, 3.8) is 0 Å². The number of hydrazone groups is 1. The number of aromatic amines is 1. The largest absolute Gasteiger partial charge is 0.502 e. The van der Waals surface area contributed by atoms with Gasteiger partial charge in [-0.25, -0.2) is 10.4 Å². The monoisotopic (exact) mass is 312 g/mol. The first-order chi connectivity index (χ1) is 11.2. The minimum absolute atomic E-state index is 0.0441. The number of nitrogens with zero attached hydrogens (tertiary/aromatic N) is 2. The maximum Gasteiger partial charge on any atom is 0.222 e. The van der Waals surface area contributed by atoms with Gasteiger partial charge in [0.1, 0.15) is 0 Å². The lowest BCUT2D eigenvalue weighted by Crippen LogP contribution is -1.95. The highest BCUT2D eigenvalue weighted by atomic mass is 16.5. The summed E-state index contributed by atoms with van der Waals surface area (Å²) >= 11 is 0. The van der Waals surface area contributed by atoms with E-state index in [1.54, 1.807) is 18.3 Å². The second kappa shape index (κ2) is 6.27. The van der Waals surface area contributed by atoms with Crippen molar-refractivity contribution in [2.45, 2.75) is 0 Å². The van der Waals surface area contributed by atoms with Gasteiger partial charge in [0, 0.05) is 5.56 Å². The maximum absolute atomic E-state index is 9.87. The standard InChI is InChI=1S/C16H16N4O3/c1-22-13-7-10(8-14(23-2)15(13)21)9-17-20-16-18-11-5-3-4-6-12(11)19-16/h3-9,21H,1-2H3,(H2,18,19,20). The molecule has 7 heteroatoms. The number of aromatic hydroxyl groups is 1. The Morgan fingerprint density at radius 1 is 1.17 bits per heavy atom. The average molecular weight is 312 g/mol. The molecule has 0 unspecified atom stereocenters. The molecule has 118 valence electrons. The molecule has 23 heavy (non-hydrogen) atoms. The smallest absolute Gasteiger partial charge is 0.222 e.